The molecule has 39 heavy (non-hydrogen) atoms. The van der Waals surface area contributed by atoms with Crippen molar-refractivity contribution in [2.75, 3.05) is 6.54 Å². The lowest BCUT2D eigenvalue weighted by atomic mass is 10.1. The second kappa shape index (κ2) is 10.3. The van der Waals surface area contributed by atoms with Gasteiger partial charge in [0.05, 0.1) is 0 Å². The molecular weight excluding hydrogens is 516 g/mol. The molecule has 4 heterocycles. The molecule has 1 aliphatic heterocycles. The first-order valence-corrected chi connectivity index (χ1v) is 13.2. The van der Waals surface area contributed by atoms with Crippen molar-refractivity contribution in [3.63, 3.8) is 0 Å². The normalized spacial score (nSPS) is 13.3. The van der Waals surface area contributed by atoms with Crippen LogP contribution in [0.4, 0.5) is 0 Å². The van der Waals surface area contributed by atoms with Gasteiger partial charge in [-0.1, -0.05) is 22.6 Å². The van der Waals surface area contributed by atoms with Crippen molar-refractivity contribution >= 4 is 17.2 Å². The SMILES string of the molecule is Cc1nnc(-c2ccc(Oc3cc(-c4nc(-c5ccc(=O)n(C)c5)no4)ccc3CN3CCCC3=O)cc2)s1. The number of carbonyl (C=O) groups excluding carboxylic acids is 1. The molecule has 1 amide bonds. The maximum atomic E-state index is 12.3. The number of carbonyl (C=O) groups is 1. The van der Waals surface area contributed by atoms with E-state index in [9.17, 15) is 9.59 Å². The van der Waals surface area contributed by atoms with Crippen LogP contribution in [0.15, 0.2) is 70.1 Å². The number of hydrogen-bond acceptors (Lipinski definition) is 9. The van der Waals surface area contributed by atoms with Crippen molar-refractivity contribution in [3.05, 3.63) is 81.7 Å². The van der Waals surface area contributed by atoms with Crippen LogP contribution >= 0.6 is 11.3 Å². The quantitative estimate of drug-likeness (QED) is 0.288. The molecule has 2 aromatic carbocycles. The summed E-state index contributed by atoms with van der Waals surface area (Å²) in [6, 6.07) is 16.4. The highest BCUT2D eigenvalue weighted by atomic mass is 32.1. The highest BCUT2D eigenvalue weighted by molar-refractivity contribution is 7.14. The summed E-state index contributed by atoms with van der Waals surface area (Å²) in [5, 5.41) is 14.1. The van der Waals surface area contributed by atoms with E-state index in [-0.39, 0.29) is 11.5 Å². The number of rotatable bonds is 7. The molecule has 0 bridgehead atoms. The molecule has 196 valence electrons. The zero-order chi connectivity index (χ0) is 26.9. The molecule has 10 nitrogen and oxygen atoms in total. The van der Waals surface area contributed by atoms with Gasteiger partial charge in [0.25, 0.3) is 5.89 Å². The van der Waals surface area contributed by atoms with Gasteiger partial charge in [0.2, 0.25) is 17.3 Å². The van der Waals surface area contributed by atoms with Gasteiger partial charge in [0, 0.05) is 61.1 Å². The molecule has 11 heteroatoms. The molecule has 6 rings (SSSR count). The standard InChI is InChI=1S/C28H24N6O4S/c1-17-30-31-28(39-17)18-7-10-22(11-8-18)37-23-14-19(5-6-20(23)16-34-13-3-4-25(34)36)27-29-26(32-38-27)21-9-12-24(35)33(2)15-21/h5-12,14-15H,3-4,13,16H2,1-2H3. The summed E-state index contributed by atoms with van der Waals surface area (Å²) in [4.78, 5) is 30.4. The summed E-state index contributed by atoms with van der Waals surface area (Å²) >= 11 is 1.53. The number of amides is 1. The Hall–Kier alpha value is -4.64. The van der Waals surface area contributed by atoms with Crippen LogP contribution in [-0.2, 0) is 18.4 Å². The van der Waals surface area contributed by atoms with Crippen LogP contribution in [0, 0.1) is 6.92 Å². The number of pyridine rings is 1. The van der Waals surface area contributed by atoms with Crippen LogP contribution in [0.1, 0.15) is 23.4 Å². The van der Waals surface area contributed by atoms with E-state index in [1.54, 1.807) is 19.3 Å². The molecule has 0 spiro atoms. The molecule has 0 N–H and O–H groups in total. The number of aryl methyl sites for hydroxylation is 2. The van der Waals surface area contributed by atoms with E-state index in [4.69, 9.17) is 9.26 Å². The maximum absolute atomic E-state index is 12.3. The van der Waals surface area contributed by atoms with Crippen molar-refractivity contribution in [1.29, 1.82) is 0 Å². The number of nitrogens with zero attached hydrogens (tertiary/aromatic N) is 6. The van der Waals surface area contributed by atoms with Crippen molar-refractivity contribution in [2.45, 2.75) is 26.3 Å². The third kappa shape index (κ3) is 5.21. The van der Waals surface area contributed by atoms with Crippen LogP contribution in [0.3, 0.4) is 0 Å². The molecule has 1 aliphatic rings. The molecule has 3 aromatic heterocycles. The molecule has 0 atom stereocenters. The number of likely N-dealkylation sites (tertiary alicyclic amines) is 1. The van der Waals surface area contributed by atoms with Crippen molar-refractivity contribution in [1.82, 2.24) is 29.8 Å². The fourth-order valence-corrected chi connectivity index (χ4v) is 5.08. The minimum absolute atomic E-state index is 0.122. The van der Waals surface area contributed by atoms with Crippen LogP contribution in [0.5, 0.6) is 11.5 Å². The van der Waals surface area contributed by atoms with E-state index < -0.39 is 0 Å². The number of hydrogen-bond donors (Lipinski definition) is 0. The van der Waals surface area contributed by atoms with E-state index in [2.05, 4.69) is 20.3 Å². The van der Waals surface area contributed by atoms with Gasteiger partial charge in [-0.3, -0.25) is 9.59 Å². The Morgan fingerprint density at radius 2 is 1.79 bits per heavy atom. The van der Waals surface area contributed by atoms with Crippen molar-refractivity contribution in [2.24, 2.45) is 7.05 Å². The van der Waals surface area contributed by atoms with Gasteiger partial charge in [0.15, 0.2) is 0 Å². The van der Waals surface area contributed by atoms with Crippen molar-refractivity contribution < 1.29 is 14.1 Å². The zero-order valence-corrected chi connectivity index (χ0v) is 22.1. The number of aromatic nitrogens is 5. The second-order valence-corrected chi connectivity index (χ2v) is 10.5. The highest BCUT2D eigenvalue weighted by Crippen LogP contribution is 2.34. The largest absolute Gasteiger partial charge is 0.457 e. The minimum Gasteiger partial charge on any atom is -0.457 e. The third-order valence-electron chi connectivity index (χ3n) is 6.47. The Balaban J connectivity index is 1.31. The number of benzene rings is 2. The molecule has 1 saturated heterocycles. The third-order valence-corrected chi connectivity index (χ3v) is 7.36. The first-order valence-electron chi connectivity index (χ1n) is 12.4. The van der Waals surface area contributed by atoms with E-state index >= 15 is 0 Å². The van der Waals surface area contributed by atoms with Gasteiger partial charge in [-0.15, -0.1) is 10.2 Å². The van der Waals surface area contributed by atoms with E-state index in [0.29, 0.717) is 47.3 Å². The fourth-order valence-electron chi connectivity index (χ4n) is 4.38. The smallest absolute Gasteiger partial charge is 0.258 e. The predicted octanol–water partition coefficient (Wildman–Crippen LogP) is 4.84. The second-order valence-electron chi connectivity index (χ2n) is 9.28. The van der Waals surface area contributed by atoms with Crippen LogP contribution in [0.2, 0.25) is 0 Å². The molecule has 0 saturated carbocycles. The minimum atomic E-state index is -0.122. The summed E-state index contributed by atoms with van der Waals surface area (Å²) in [5.41, 5.74) is 3.05. The van der Waals surface area contributed by atoms with E-state index in [0.717, 1.165) is 34.1 Å². The summed E-state index contributed by atoms with van der Waals surface area (Å²) < 4.78 is 13.4. The maximum Gasteiger partial charge on any atom is 0.258 e. The van der Waals surface area contributed by atoms with Crippen LogP contribution < -0.4 is 10.3 Å². The van der Waals surface area contributed by atoms with Gasteiger partial charge in [-0.05, 0) is 55.8 Å². The van der Waals surface area contributed by atoms with Crippen LogP contribution in [0.25, 0.3) is 33.4 Å². The van der Waals surface area contributed by atoms with Gasteiger partial charge in [-0.25, -0.2) is 0 Å². The Morgan fingerprint density at radius 1 is 1.00 bits per heavy atom. The first kappa shape index (κ1) is 24.7. The van der Waals surface area contributed by atoms with Gasteiger partial charge in [0.1, 0.15) is 21.5 Å². The average molecular weight is 541 g/mol. The summed E-state index contributed by atoms with van der Waals surface area (Å²) in [7, 11) is 1.67. The lowest BCUT2D eigenvalue weighted by Crippen LogP contribution is -2.24. The Bertz CT molecular complexity index is 1720. The lowest BCUT2D eigenvalue weighted by Gasteiger charge is -2.19. The molecule has 5 aromatic rings. The van der Waals surface area contributed by atoms with Gasteiger partial charge in [-0.2, -0.15) is 4.98 Å². The summed E-state index contributed by atoms with van der Waals surface area (Å²) in [6.07, 6.45) is 3.08. The lowest BCUT2D eigenvalue weighted by molar-refractivity contribution is -0.128. The highest BCUT2D eigenvalue weighted by Gasteiger charge is 2.22. The fraction of sp³-hybridized carbons (Fsp3) is 0.214. The number of ether oxygens (including phenoxy) is 1. The molecule has 0 unspecified atom stereocenters. The van der Waals surface area contributed by atoms with Gasteiger partial charge < -0.3 is 18.7 Å². The Labute approximate surface area is 227 Å². The topological polar surface area (TPSA) is 116 Å². The van der Waals surface area contributed by atoms with Gasteiger partial charge >= 0.3 is 0 Å². The zero-order valence-electron chi connectivity index (χ0n) is 21.3. The molecule has 1 fully saturated rings. The first-order chi connectivity index (χ1) is 18.9. The average Bonchev–Trinajstić information content (AvgIpc) is 3.69. The van der Waals surface area contributed by atoms with Crippen molar-refractivity contribution in [3.8, 4) is 44.9 Å². The van der Waals surface area contributed by atoms with Crippen LogP contribution in [-0.4, -0.2) is 42.3 Å². The predicted molar refractivity (Wildman–Crippen MR) is 145 cm³/mol. The molecule has 0 aliphatic carbocycles. The monoisotopic (exact) mass is 540 g/mol. The Morgan fingerprint density at radius 3 is 2.51 bits per heavy atom. The summed E-state index contributed by atoms with van der Waals surface area (Å²) in [6.45, 7) is 3.10. The molecular formula is C28H24N6O4S. The Kier molecular flexibility index (Phi) is 6.49. The summed E-state index contributed by atoms with van der Waals surface area (Å²) in [5.74, 6) is 2.06. The molecule has 0 radical (unpaired) electrons. The van der Waals surface area contributed by atoms with E-state index in [1.807, 2.05) is 54.3 Å². The van der Waals surface area contributed by atoms with E-state index in [1.165, 1.54) is 22.0 Å².